The second kappa shape index (κ2) is 6.32. The van der Waals surface area contributed by atoms with Gasteiger partial charge in [0.2, 0.25) is 5.91 Å². The first-order chi connectivity index (χ1) is 11.3. The quantitative estimate of drug-likeness (QED) is 0.915. The van der Waals surface area contributed by atoms with Gasteiger partial charge in [0.15, 0.2) is 0 Å². The number of ether oxygens (including phenoxy) is 1. The average Bonchev–Trinajstić information content (AvgIpc) is 3.24. The number of H-pyrrole nitrogens is 1. The van der Waals surface area contributed by atoms with Crippen LogP contribution in [0.5, 0.6) is 0 Å². The molecule has 5 heteroatoms. The van der Waals surface area contributed by atoms with E-state index in [9.17, 15) is 4.79 Å². The molecule has 3 unspecified atom stereocenters. The average molecular weight is 313 g/mol. The highest BCUT2D eigenvalue weighted by Gasteiger charge is 2.30. The van der Waals surface area contributed by atoms with Gasteiger partial charge in [-0.3, -0.25) is 4.79 Å². The van der Waals surface area contributed by atoms with Gasteiger partial charge in [0.25, 0.3) is 0 Å². The second-order valence-electron chi connectivity index (χ2n) is 6.71. The molecular formula is C18H23N3O2. The predicted molar refractivity (Wildman–Crippen MR) is 88.2 cm³/mol. The van der Waals surface area contributed by atoms with Crippen LogP contribution in [0, 0.1) is 0 Å². The van der Waals surface area contributed by atoms with Gasteiger partial charge in [-0.25, -0.2) is 4.98 Å². The molecule has 2 heterocycles. The molecule has 122 valence electrons. The lowest BCUT2D eigenvalue weighted by atomic mass is 9.85. The molecule has 1 aliphatic carbocycles. The Morgan fingerprint density at radius 2 is 2.13 bits per heavy atom. The SMILES string of the molecule is O=C(NC1CCCC(c2nc3ccccc3[nH]2)C1)C1CCCO1. The highest BCUT2D eigenvalue weighted by atomic mass is 16.5. The Morgan fingerprint density at radius 1 is 1.22 bits per heavy atom. The summed E-state index contributed by atoms with van der Waals surface area (Å²) in [5.74, 6) is 1.52. The fourth-order valence-corrected chi connectivity index (χ4v) is 3.81. The number of aromatic amines is 1. The minimum atomic E-state index is -0.235. The molecule has 2 fully saturated rings. The van der Waals surface area contributed by atoms with Crippen LogP contribution in [0.15, 0.2) is 24.3 Å². The summed E-state index contributed by atoms with van der Waals surface area (Å²) in [6, 6.07) is 8.37. The maximum Gasteiger partial charge on any atom is 0.249 e. The minimum Gasteiger partial charge on any atom is -0.368 e. The first kappa shape index (κ1) is 14.7. The number of para-hydroxylation sites is 2. The lowest BCUT2D eigenvalue weighted by molar-refractivity contribution is -0.131. The Balaban J connectivity index is 1.43. The van der Waals surface area contributed by atoms with Gasteiger partial charge in [-0.15, -0.1) is 0 Å². The summed E-state index contributed by atoms with van der Waals surface area (Å²) in [6.07, 6.45) is 5.87. The first-order valence-electron chi connectivity index (χ1n) is 8.66. The Bertz CT molecular complexity index is 657. The summed E-state index contributed by atoms with van der Waals surface area (Å²) in [4.78, 5) is 20.4. The van der Waals surface area contributed by atoms with Crippen molar-refractivity contribution in [3.05, 3.63) is 30.1 Å². The van der Waals surface area contributed by atoms with E-state index >= 15 is 0 Å². The fourth-order valence-electron chi connectivity index (χ4n) is 3.81. The van der Waals surface area contributed by atoms with E-state index < -0.39 is 0 Å². The van der Waals surface area contributed by atoms with Crippen LogP contribution < -0.4 is 5.32 Å². The van der Waals surface area contributed by atoms with E-state index in [-0.39, 0.29) is 18.1 Å². The van der Waals surface area contributed by atoms with Crippen molar-refractivity contribution < 1.29 is 9.53 Å². The number of imidazole rings is 1. The lowest BCUT2D eigenvalue weighted by Crippen LogP contribution is -2.43. The maximum atomic E-state index is 12.2. The topological polar surface area (TPSA) is 67.0 Å². The van der Waals surface area contributed by atoms with Gasteiger partial charge < -0.3 is 15.0 Å². The molecule has 3 atom stereocenters. The summed E-state index contributed by atoms with van der Waals surface area (Å²) in [5, 5.41) is 3.19. The zero-order chi connectivity index (χ0) is 15.6. The maximum absolute atomic E-state index is 12.2. The molecule has 1 aliphatic heterocycles. The summed E-state index contributed by atoms with van der Waals surface area (Å²) < 4.78 is 5.48. The van der Waals surface area contributed by atoms with Gasteiger partial charge >= 0.3 is 0 Å². The molecule has 2 aliphatic rings. The van der Waals surface area contributed by atoms with Crippen molar-refractivity contribution in [3.8, 4) is 0 Å². The Hall–Kier alpha value is -1.88. The Kier molecular flexibility index (Phi) is 4.04. The molecule has 2 aromatic rings. The van der Waals surface area contributed by atoms with E-state index in [2.05, 4.69) is 16.4 Å². The lowest BCUT2D eigenvalue weighted by Gasteiger charge is -2.29. The number of hydrogen-bond acceptors (Lipinski definition) is 3. The summed E-state index contributed by atoms with van der Waals surface area (Å²) in [6.45, 7) is 0.713. The minimum absolute atomic E-state index is 0.0674. The molecule has 2 N–H and O–H groups in total. The smallest absolute Gasteiger partial charge is 0.249 e. The van der Waals surface area contributed by atoms with Crippen molar-refractivity contribution >= 4 is 16.9 Å². The number of fused-ring (bicyclic) bond motifs is 1. The van der Waals surface area contributed by atoms with Gasteiger partial charge in [-0.1, -0.05) is 18.6 Å². The van der Waals surface area contributed by atoms with Crippen LogP contribution >= 0.6 is 0 Å². The van der Waals surface area contributed by atoms with Gasteiger partial charge in [0, 0.05) is 18.6 Å². The largest absolute Gasteiger partial charge is 0.368 e. The van der Waals surface area contributed by atoms with Crippen LogP contribution in [0.4, 0.5) is 0 Å². The van der Waals surface area contributed by atoms with E-state index in [1.165, 1.54) is 0 Å². The molecular weight excluding hydrogens is 290 g/mol. The number of aromatic nitrogens is 2. The van der Waals surface area contributed by atoms with Crippen LogP contribution in [-0.4, -0.2) is 34.6 Å². The number of rotatable bonds is 3. The molecule has 0 radical (unpaired) electrons. The summed E-state index contributed by atoms with van der Waals surface area (Å²) in [7, 11) is 0. The molecule has 23 heavy (non-hydrogen) atoms. The molecule has 1 saturated carbocycles. The normalized spacial score (nSPS) is 28.1. The zero-order valence-electron chi connectivity index (χ0n) is 13.3. The van der Waals surface area contributed by atoms with Gasteiger partial charge in [-0.2, -0.15) is 0 Å². The van der Waals surface area contributed by atoms with Crippen molar-refractivity contribution in [1.29, 1.82) is 0 Å². The van der Waals surface area contributed by atoms with Crippen molar-refractivity contribution in [2.45, 2.75) is 56.6 Å². The number of nitrogens with one attached hydrogen (secondary N) is 2. The summed E-state index contributed by atoms with van der Waals surface area (Å²) in [5.41, 5.74) is 2.11. The van der Waals surface area contributed by atoms with Crippen LogP contribution in [0.3, 0.4) is 0 Å². The number of amides is 1. The highest BCUT2D eigenvalue weighted by molar-refractivity contribution is 5.81. The van der Waals surface area contributed by atoms with Crippen molar-refractivity contribution in [2.24, 2.45) is 0 Å². The highest BCUT2D eigenvalue weighted by Crippen LogP contribution is 2.32. The van der Waals surface area contributed by atoms with Crippen LogP contribution in [0.25, 0.3) is 11.0 Å². The molecule has 5 nitrogen and oxygen atoms in total. The van der Waals surface area contributed by atoms with Gasteiger partial charge in [-0.05, 0) is 44.2 Å². The monoisotopic (exact) mass is 313 g/mol. The first-order valence-corrected chi connectivity index (χ1v) is 8.66. The standard InChI is InChI=1S/C18H23N3O2/c22-18(16-9-4-10-23-16)19-13-6-3-5-12(11-13)17-20-14-7-1-2-8-15(14)21-17/h1-2,7-8,12-13,16H,3-6,9-11H2,(H,19,22)(H,20,21). The van der Waals surface area contributed by atoms with Crippen LogP contribution in [0.2, 0.25) is 0 Å². The van der Waals surface area contributed by atoms with E-state index in [1.54, 1.807) is 0 Å². The Morgan fingerprint density at radius 3 is 2.96 bits per heavy atom. The van der Waals surface area contributed by atoms with Gasteiger partial charge in [0.1, 0.15) is 11.9 Å². The van der Waals surface area contributed by atoms with E-state index in [4.69, 9.17) is 9.72 Å². The molecule has 1 saturated heterocycles. The number of hydrogen-bond donors (Lipinski definition) is 2. The molecule has 1 aromatic carbocycles. The van der Waals surface area contributed by atoms with Crippen LogP contribution in [0.1, 0.15) is 50.3 Å². The second-order valence-corrected chi connectivity index (χ2v) is 6.71. The molecule has 1 amide bonds. The van der Waals surface area contributed by atoms with E-state index in [0.717, 1.165) is 55.4 Å². The molecule has 1 aromatic heterocycles. The predicted octanol–water partition coefficient (Wildman–Crippen LogP) is 2.88. The molecule has 0 bridgehead atoms. The summed E-state index contributed by atoms with van der Waals surface area (Å²) >= 11 is 0. The molecule has 0 spiro atoms. The van der Waals surface area contributed by atoms with Crippen molar-refractivity contribution in [2.75, 3.05) is 6.61 Å². The fraction of sp³-hybridized carbons (Fsp3) is 0.556. The third kappa shape index (κ3) is 3.11. The number of carbonyl (C=O) groups excluding carboxylic acids is 1. The number of nitrogens with zero attached hydrogens (tertiary/aromatic N) is 1. The van der Waals surface area contributed by atoms with Crippen molar-refractivity contribution in [3.63, 3.8) is 0 Å². The van der Waals surface area contributed by atoms with E-state index in [0.29, 0.717) is 12.5 Å². The van der Waals surface area contributed by atoms with Crippen molar-refractivity contribution in [1.82, 2.24) is 15.3 Å². The van der Waals surface area contributed by atoms with E-state index in [1.807, 2.05) is 18.2 Å². The number of carbonyl (C=O) groups is 1. The number of benzene rings is 1. The van der Waals surface area contributed by atoms with Crippen LogP contribution in [-0.2, 0) is 9.53 Å². The third-order valence-corrected chi connectivity index (χ3v) is 5.04. The zero-order valence-corrected chi connectivity index (χ0v) is 13.3. The third-order valence-electron chi connectivity index (χ3n) is 5.04. The van der Waals surface area contributed by atoms with Gasteiger partial charge in [0.05, 0.1) is 11.0 Å². The molecule has 4 rings (SSSR count). The Labute approximate surface area is 135 Å².